The van der Waals surface area contributed by atoms with Gasteiger partial charge in [0.15, 0.2) is 0 Å². The summed E-state index contributed by atoms with van der Waals surface area (Å²) in [4.78, 5) is 36.0. The minimum atomic E-state index is -0.217. The van der Waals surface area contributed by atoms with Gasteiger partial charge in [-0.3, -0.25) is 14.4 Å². The molecule has 4 N–H and O–H groups in total. The second kappa shape index (κ2) is 10.3. The first-order chi connectivity index (χ1) is 13.7. The fourth-order valence-electron chi connectivity index (χ4n) is 2.52. The van der Waals surface area contributed by atoms with Gasteiger partial charge >= 0.3 is 0 Å². The summed E-state index contributed by atoms with van der Waals surface area (Å²) >= 11 is 0. The largest absolute Gasteiger partial charge is 0.376 e. The predicted octanol–water partition coefficient (Wildman–Crippen LogP) is 3.01. The third kappa shape index (κ3) is 7.29. The van der Waals surface area contributed by atoms with E-state index in [9.17, 15) is 14.4 Å². The fourth-order valence-corrected chi connectivity index (χ4v) is 2.52. The topological polar surface area (TPSA) is 99.3 Å². The van der Waals surface area contributed by atoms with Gasteiger partial charge in [-0.05, 0) is 76.2 Å². The van der Waals surface area contributed by atoms with Crippen molar-refractivity contribution < 1.29 is 14.4 Å². The lowest BCUT2D eigenvalue weighted by Crippen LogP contribution is -2.30. The van der Waals surface area contributed by atoms with Crippen molar-refractivity contribution in [3.63, 3.8) is 0 Å². The summed E-state index contributed by atoms with van der Waals surface area (Å²) in [7, 11) is 0. The molecule has 0 aliphatic heterocycles. The first-order valence-electron chi connectivity index (χ1n) is 9.60. The van der Waals surface area contributed by atoms with E-state index in [0.717, 1.165) is 5.69 Å². The van der Waals surface area contributed by atoms with Crippen LogP contribution in [0, 0.1) is 0 Å². The van der Waals surface area contributed by atoms with E-state index in [1.807, 2.05) is 27.7 Å². The smallest absolute Gasteiger partial charge is 0.251 e. The van der Waals surface area contributed by atoms with Crippen LogP contribution in [0.15, 0.2) is 48.5 Å². The van der Waals surface area contributed by atoms with Crippen LogP contribution in [0.5, 0.6) is 0 Å². The molecule has 0 heterocycles. The highest BCUT2D eigenvalue weighted by Crippen LogP contribution is 2.11. The molecule has 0 bridgehead atoms. The van der Waals surface area contributed by atoms with Gasteiger partial charge in [0.25, 0.3) is 11.8 Å². The van der Waals surface area contributed by atoms with Crippen molar-refractivity contribution in [2.45, 2.75) is 39.8 Å². The summed E-state index contributed by atoms with van der Waals surface area (Å²) in [5, 5.41) is 11.4. The molecule has 0 unspecified atom stereocenters. The highest BCUT2D eigenvalue weighted by molar-refractivity contribution is 5.97. The predicted molar refractivity (Wildman–Crippen MR) is 115 cm³/mol. The molecule has 7 heteroatoms. The zero-order valence-electron chi connectivity index (χ0n) is 17.2. The molecule has 0 aliphatic rings. The first-order valence-corrected chi connectivity index (χ1v) is 9.60. The molecule has 7 nitrogen and oxygen atoms in total. The van der Waals surface area contributed by atoms with Crippen LogP contribution in [0.2, 0.25) is 0 Å². The van der Waals surface area contributed by atoms with E-state index in [2.05, 4.69) is 21.3 Å². The van der Waals surface area contributed by atoms with E-state index in [4.69, 9.17) is 0 Å². The van der Waals surface area contributed by atoms with Crippen LogP contribution in [-0.2, 0) is 4.79 Å². The Kier molecular flexibility index (Phi) is 7.77. The monoisotopic (exact) mass is 396 g/mol. The maximum atomic E-state index is 12.1. The highest BCUT2D eigenvalue weighted by Gasteiger charge is 2.09. The lowest BCUT2D eigenvalue weighted by atomic mass is 10.2. The van der Waals surface area contributed by atoms with E-state index in [1.165, 1.54) is 0 Å². The minimum absolute atomic E-state index is 0.0617. The normalized spacial score (nSPS) is 10.6. The van der Waals surface area contributed by atoms with Crippen LogP contribution in [0.25, 0.3) is 0 Å². The van der Waals surface area contributed by atoms with Gasteiger partial charge in [-0.15, -0.1) is 0 Å². The number of anilines is 2. The van der Waals surface area contributed by atoms with E-state index in [-0.39, 0.29) is 36.3 Å². The Bertz CT molecular complexity index is 843. The van der Waals surface area contributed by atoms with Gasteiger partial charge in [0.1, 0.15) is 0 Å². The molecular weight excluding hydrogens is 368 g/mol. The number of carbonyl (C=O) groups is 3. The Labute approximate surface area is 171 Å². The lowest BCUT2D eigenvalue weighted by Gasteiger charge is -2.11. The van der Waals surface area contributed by atoms with Crippen LogP contribution in [-0.4, -0.2) is 36.3 Å². The molecule has 154 valence electrons. The van der Waals surface area contributed by atoms with Crippen LogP contribution >= 0.6 is 0 Å². The van der Waals surface area contributed by atoms with Gasteiger partial charge in [-0.1, -0.05) is 0 Å². The van der Waals surface area contributed by atoms with Gasteiger partial charge in [-0.2, -0.15) is 0 Å². The molecule has 2 rings (SSSR count). The SMILES string of the molecule is CC(C)NC(=O)c1ccc(NCC(=O)Nc2ccc(C(=O)NC(C)C)cc2)cc1. The maximum absolute atomic E-state index is 12.1. The average molecular weight is 396 g/mol. The average Bonchev–Trinajstić information content (AvgIpc) is 2.66. The van der Waals surface area contributed by atoms with Crippen molar-refractivity contribution >= 4 is 29.1 Å². The van der Waals surface area contributed by atoms with Crippen LogP contribution < -0.4 is 21.3 Å². The Morgan fingerprint density at radius 2 is 1.10 bits per heavy atom. The number of hydrogen-bond donors (Lipinski definition) is 4. The summed E-state index contributed by atoms with van der Waals surface area (Å²) in [6.07, 6.45) is 0. The summed E-state index contributed by atoms with van der Waals surface area (Å²) in [5.74, 6) is -0.495. The highest BCUT2D eigenvalue weighted by atomic mass is 16.2. The molecule has 0 fully saturated rings. The van der Waals surface area contributed by atoms with E-state index in [0.29, 0.717) is 16.8 Å². The number of nitrogens with one attached hydrogen (secondary N) is 4. The van der Waals surface area contributed by atoms with Crippen molar-refractivity contribution in [1.82, 2.24) is 10.6 Å². The molecule has 0 saturated heterocycles. The van der Waals surface area contributed by atoms with Crippen LogP contribution in [0.4, 0.5) is 11.4 Å². The molecule has 2 aromatic carbocycles. The van der Waals surface area contributed by atoms with Gasteiger partial charge < -0.3 is 21.3 Å². The number of hydrogen-bond acceptors (Lipinski definition) is 4. The molecule has 29 heavy (non-hydrogen) atoms. The molecule has 0 radical (unpaired) electrons. The maximum Gasteiger partial charge on any atom is 0.251 e. The summed E-state index contributed by atoms with van der Waals surface area (Å²) in [5.41, 5.74) is 2.45. The molecule has 0 aromatic heterocycles. The molecule has 0 atom stereocenters. The van der Waals surface area contributed by atoms with Crippen molar-refractivity contribution in [1.29, 1.82) is 0 Å². The van der Waals surface area contributed by atoms with Crippen molar-refractivity contribution in [2.75, 3.05) is 17.2 Å². The molecular formula is C22H28N4O3. The zero-order chi connectivity index (χ0) is 21.4. The van der Waals surface area contributed by atoms with E-state index >= 15 is 0 Å². The Balaban J connectivity index is 1.83. The number of benzene rings is 2. The fraction of sp³-hybridized carbons (Fsp3) is 0.318. The Morgan fingerprint density at radius 3 is 1.52 bits per heavy atom. The van der Waals surface area contributed by atoms with Crippen molar-refractivity contribution in [3.05, 3.63) is 59.7 Å². The van der Waals surface area contributed by atoms with Gasteiger partial charge in [0.05, 0.1) is 6.54 Å². The van der Waals surface area contributed by atoms with E-state index < -0.39 is 0 Å². The number of rotatable bonds is 8. The second-order valence-electron chi connectivity index (χ2n) is 7.31. The quantitative estimate of drug-likeness (QED) is 0.551. The summed E-state index contributed by atoms with van der Waals surface area (Å²) in [6, 6.07) is 13.8. The minimum Gasteiger partial charge on any atom is -0.376 e. The van der Waals surface area contributed by atoms with E-state index in [1.54, 1.807) is 48.5 Å². The van der Waals surface area contributed by atoms with Crippen LogP contribution in [0.3, 0.4) is 0 Å². The molecule has 0 saturated carbocycles. The molecule has 2 aromatic rings. The lowest BCUT2D eigenvalue weighted by molar-refractivity contribution is -0.114. The Morgan fingerprint density at radius 1 is 0.690 bits per heavy atom. The van der Waals surface area contributed by atoms with Gasteiger partial charge in [-0.25, -0.2) is 0 Å². The second-order valence-corrected chi connectivity index (χ2v) is 7.31. The zero-order valence-corrected chi connectivity index (χ0v) is 17.2. The third-order valence-corrected chi connectivity index (χ3v) is 3.87. The molecule has 0 spiro atoms. The first kappa shape index (κ1) is 21.9. The van der Waals surface area contributed by atoms with Crippen molar-refractivity contribution in [2.24, 2.45) is 0 Å². The summed E-state index contributed by atoms with van der Waals surface area (Å²) in [6.45, 7) is 7.68. The summed E-state index contributed by atoms with van der Waals surface area (Å²) < 4.78 is 0. The van der Waals surface area contributed by atoms with Crippen molar-refractivity contribution in [3.8, 4) is 0 Å². The Hall–Kier alpha value is -3.35. The molecule has 3 amide bonds. The van der Waals surface area contributed by atoms with Crippen LogP contribution in [0.1, 0.15) is 48.4 Å². The van der Waals surface area contributed by atoms with Gasteiger partial charge in [0.2, 0.25) is 5.91 Å². The third-order valence-electron chi connectivity index (χ3n) is 3.87. The number of amides is 3. The standard InChI is InChI=1S/C22H28N4O3/c1-14(2)24-21(28)16-5-9-18(10-6-16)23-13-20(27)26-19-11-7-17(8-12-19)22(29)25-15(3)4/h5-12,14-15,23H,13H2,1-4H3,(H,24,28)(H,25,29)(H,26,27). The molecule has 0 aliphatic carbocycles. The van der Waals surface area contributed by atoms with Gasteiger partial charge in [0, 0.05) is 34.6 Å². The number of carbonyl (C=O) groups excluding carboxylic acids is 3.